The van der Waals surface area contributed by atoms with Gasteiger partial charge >= 0.3 is 0 Å². The van der Waals surface area contributed by atoms with Crippen LogP contribution in [0.2, 0.25) is 0 Å². The summed E-state index contributed by atoms with van der Waals surface area (Å²) < 4.78 is 0. The number of likely N-dealkylation sites (tertiary alicyclic amines) is 2. The third-order valence-corrected chi connectivity index (χ3v) is 6.07. The first kappa shape index (κ1) is 16.7. The van der Waals surface area contributed by atoms with Crippen LogP contribution in [0.15, 0.2) is 0 Å². The summed E-state index contributed by atoms with van der Waals surface area (Å²) in [6, 6.07) is 0. The van der Waals surface area contributed by atoms with Crippen LogP contribution in [-0.4, -0.2) is 61.4 Å². The van der Waals surface area contributed by atoms with Gasteiger partial charge in [0.15, 0.2) is 0 Å². The third-order valence-electron chi connectivity index (χ3n) is 6.07. The van der Waals surface area contributed by atoms with Gasteiger partial charge in [-0.15, -0.1) is 0 Å². The minimum absolute atomic E-state index is 0.0863. The standard InChI is InChI=1S/C18H31N3O2/c1-18(8-11-20(2)13-18)12-19-16(22)14-6-9-21(10-7-14)17(23)15-4-3-5-15/h14-15H,3-13H2,1-2H3,(H,19,22). The Morgan fingerprint density at radius 2 is 1.78 bits per heavy atom. The Bertz CT molecular complexity index is 455. The van der Waals surface area contributed by atoms with Crippen molar-refractivity contribution >= 4 is 11.8 Å². The lowest BCUT2D eigenvalue weighted by Gasteiger charge is -2.36. The van der Waals surface area contributed by atoms with Crippen molar-refractivity contribution in [1.29, 1.82) is 0 Å². The predicted octanol–water partition coefficient (Wildman–Crippen LogP) is 1.48. The Kier molecular flexibility index (Phi) is 4.95. The van der Waals surface area contributed by atoms with Crippen LogP contribution >= 0.6 is 0 Å². The van der Waals surface area contributed by atoms with Crippen molar-refractivity contribution in [2.24, 2.45) is 17.3 Å². The Balaban J connectivity index is 1.40. The molecule has 0 aromatic heterocycles. The summed E-state index contributed by atoms with van der Waals surface area (Å²) in [4.78, 5) is 29.0. The highest BCUT2D eigenvalue weighted by molar-refractivity contribution is 5.81. The highest BCUT2D eigenvalue weighted by Gasteiger charge is 2.35. The first-order valence-corrected chi connectivity index (χ1v) is 9.22. The number of nitrogens with one attached hydrogen (secondary N) is 1. The summed E-state index contributed by atoms with van der Waals surface area (Å²) in [6.07, 6.45) is 6.11. The van der Waals surface area contributed by atoms with Gasteiger partial charge in [0.2, 0.25) is 11.8 Å². The van der Waals surface area contributed by atoms with Crippen molar-refractivity contribution in [3.05, 3.63) is 0 Å². The Morgan fingerprint density at radius 3 is 2.30 bits per heavy atom. The molecule has 0 aromatic carbocycles. The number of carbonyl (C=O) groups excluding carboxylic acids is 2. The molecule has 2 amide bonds. The van der Waals surface area contributed by atoms with Gasteiger partial charge in [-0.25, -0.2) is 0 Å². The summed E-state index contributed by atoms with van der Waals surface area (Å²) in [7, 11) is 2.14. The minimum atomic E-state index is 0.0863. The van der Waals surface area contributed by atoms with Gasteiger partial charge in [0.05, 0.1) is 0 Å². The highest BCUT2D eigenvalue weighted by atomic mass is 16.2. The first-order chi connectivity index (χ1) is 11.0. The van der Waals surface area contributed by atoms with Gasteiger partial charge in [-0.3, -0.25) is 9.59 Å². The molecule has 1 aliphatic carbocycles. The fourth-order valence-electron chi connectivity index (χ4n) is 4.14. The van der Waals surface area contributed by atoms with E-state index >= 15 is 0 Å². The fraction of sp³-hybridized carbons (Fsp3) is 0.889. The van der Waals surface area contributed by atoms with E-state index in [0.717, 1.165) is 64.8 Å². The summed E-state index contributed by atoms with van der Waals surface area (Å²) in [5, 5.41) is 3.18. The highest BCUT2D eigenvalue weighted by Crippen LogP contribution is 2.30. The van der Waals surface area contributed by atoms with Gasteiger partial charge in [-0.1, -0.05) is 13.3 Å². The molecule has 2 aliphatic heterocycles. The van der Waals surface area contributed by atoms with Gasteiger partial charge in [0, 0.05) is 38.0 Å². The maximum atomic E-state index is 12.4. The largest absolute Gasteiger partial charge is 0.355 e. The summed E-state index contributed by atoms with van der Waals surface area (Å²) >= 11 is 0. The molecule has 130 valence electrons. The molecular weight excluding hydrogens is 290 g/mol. The topological polar surface area (TPSA) is 52.7 Å². The van der Waals surface area contributed by atoms with Gasteiger partial charge in [-0.05, 0) is 51.1 Å². The van der Waals surface area contributed by atoms with Gasteiger partial charge < -0.3 is 15.1 Å². The fourth-order valence-corrected chi connectivity index (χ4v) is 4.14. The maximum Gasteiger partial charge on any atom is 0.225 e. The summed E-state index contributed by atoms with van der Waals surface area (Å²) in [6.45, 7) is 6.73. The number of carbonyl (C=O) groups is 2. The van der Waals surface area contributed by atoms with Crippen molar-refractivity contribution < 1.29 is 9.59 Å². The lowest BCUT2D eigenvalue weighted by atomic mass is 9.83. The number of rotatable bonds is 4. The molecule has 1 atom stereocenters. The third kappa shape index (κ3) is 3.87. The second kappa shape index (κ2) is 6.80. The average Bonchev–Trinajstić information content (AvgIpc) is 2.83. The maximum absolute atomic E-state index is 12.4. The van der Waals surface area contributed by atoms with Crippen molar-refractivity contribution in [1.82, 2.24) is 15.1 Å². The van der Waals surface area contributed by atoms with Crippen LogP contribution in [0.5, 0.6) is 0 Å². The molecule has 0 spiro atoms. The van der Waals surface area contributed by atoms with Crippen molar-refractivity contribution in [3.63, 3.8) is 0 Å². The molecule has 0 aromatic rings. The van der Waals surface area contributed by atoms with E-state index in [1.807, 2.05) is 4.90 Å². The zero-order chi connectivity index (χ0) is 16.4. The number of nitrogens with zero attached hydrogens (tertiary/aromatic N) is 2. The van der Waals surface area contributed by atoms with Gasteiger partial charge in [-0.2, -0.15) is 0 Å². The number of hydrogen-bond acceptors (Lipinski definition) is 3. The van der Waals surface area contributed by atoms with E-state index in [2.05, 4.69) is 24.2 Å². The Hall–Kier alpha value is -1.10. The van der Waals surface area contributed by atoms with E-state index in [1.54, 1.807) is 0 Å². The van der Waals surface area contributed by atoms with Crippen LogP contribution in [0.1, 0.15) is 45.4 Å². The number of piperidine rings is 1. The molecule has 2 heterocycles. The molecular formula is C18H31N3O2. The zero-order valence-electron chi connectivity index (χ0n) is 14.6. The minimum Gasteiger partial charge on any atom is -0.355 e. The number of hydrogen-bond donors (Lipinski definition) is 1. The van der Waals surface area contributed by atoms with Crippen molar-refractivity contribution in [3.8, 4) is 0 Å². The molecule has 3 rings (SSSR count). The molecule has 3 fully saturated rings. The average molecular weight is 321 g/mol. The van der Waals surface area contributed by atoms with Crippen LogP contribution in [0, 0.1) is 17.3 Å². The van der Waals surface area contributed by atoms with E-state index in [-0.39, 0.29) is 23.2 Å². The predicted molar refractivity (Wildman–Crippen MR) is 89.9 cm³/mol. The van der Waals surface area contributed by atoms with Crippen LogP contribution in [0.25, 0.3) is 0 Å². The normalized spacial score (nSPS) is 30.3. The lowest BCUT2D eigenvalue weighted by Crippen LogP contribution is -2.47. The molecule has 0 radical (unpaired) electrons. The second-order valence-electron chi connectivity index (χ2n) is 8.24. The van der Waals surface area contributed by atoms with Crippen LogP contribution in [-0.2, 0) is 9.59 Å². The van der Waals surface area contributed by atoms with Gasteiger partial charge in [0.25, 0.3) is 0 Å². The Morgan fingerprint density at radius 1 is 1.09 bits per heavy atom. The summed E-state index contributed by atoms with van der Waals surface area (Å²) in [5.41, 5.74) is 0.214. The summed E-state index contributed by atoms with van der Waals surface area (Å²) in [5.74, 6) is 0.885. The quantitative estimate of drug-likeness (QED) is 0.853. The lowest BCUT2D eigenvalue weighted by molar-refractivity contribution is -0.141. The van der Waals surface area contributed by atoms with Crippen LogP contribution in [0.4, 0.5) is 0 Å². The first-order valence-electron chi connectivity index (χ1n) is 9.22. The molecule has 5 heteroatoms. The van der Waals surface area contributed by atoms with Crippen LogP contribution in [0.3, 0.4) is 0 Å². The van der Waals surface area contributed by atoms with E-state index < -0.39 is 0 Å². The van der Waals surface area contributed by atoms with Crippen LogP contribution < -0.4 is 5.32 Å². The van der Waals surface area contributed by atoms with E-state index in [9.17, 15) is 9.59 Å². The smallest absolute Gasteiger partial charge is 0.225 e. The van der Waals surface area contributed by atoms with E-state index in [1.165, 1.54) is 6.42 Å². The SMILES string of the molecule is CN1CCC(C)(CNC(=O)C2CCN(C(=O)C3CCC3)CC2)C1. The van der Waals surface area contributed by atoms with Crippen molar-refractivity contribution in [2.45, 2.75) is 45.4 Å². The second-order valence-corrected chi connectivity index (χ2v) is 8.24. The van der Waals surface area contributed by atoms with E-state index in [4.69, 9.17) is 0 Å². The molecule has 1 unspecified atom stereocenters. The monoisotopic (exact) mass is 321 g/mol. The molecule has 0 bridgehead atoms. The van der Waals surface area contributed by atoms with E-state index in [0.29, 0.717) is 5.91 Å². The molecule has 1 N–H and O–H groups in total. The zero-order valence-corrected chi connectivity index (χ0v) is 14.6. The molecule has 23 heavy (non-hydrogen) atoms. The molecule has 3 aliphatic rings. The number of amides is 2. The Labute approximate surface area is 139 Å². The van der Waals surface area contributed by atoms with Gasteiger partial charge in [0.1, 0.15) is 0 Å². The molecule has 1 saturated carbocycles. The van der Waals surface area contributed by atoms with Crippen molar-refractivity contribution in [2.75, 3.05) is 39.8 Å². The molecule has 2 saturated heterocycles. The molecule has 5 nitrogen and oxygen atoms in total.